The Bertz CT molecular complexity index is 946. The van der Waals surface area contributed by atoms with Crippen LogP contribution in [-0.2, 0) is 13.2 Å². The summed E-state index contributed by atoms with van der Waals surface area (Å²) in [5.74, 6) is 3.24. The molecule has 0 N–H and O–H groups in total. The van der Waals surface area contributed by atoms with E-state index in [2.05, 4.69) is 11.0 Å². The number of hydrogen-bond donors (Lipinski definition) is 0. The fraction of sp³-hybridized carbons (Fsp3) is 0.150. The molecule has 0 unspecified atom stereocenters. The number of nitrogens with zero attached hydrogens (tertiary/aromatic N) is 2. The summed E-state index contributed by atoms with van der Waals surface area (Å²) in [5, 5.41) is 3.79. The van der Waals surface area contributed by atoms with Gasteiger partial charge in [0.15, 0.2) is 0 Å². The van der Waals surface area contributed by atoms with E-state index in [1.165, 1.54) is 12.4 Å². The first-order valence-corrected chi connectivity index (χ1v) is 10.1. The maximum atomic E-state index is 12.5. The Hall–Kier alpha value is -2.47. The van der Waals surface area contributed by atoms with Gasteiger partial charge in [0.25, 0.3) is 0 Å². The van der Waals surface area contributed by atoms with Gasteiger partial charge in [-0.15, -0.1) is 0 Å². The average Bonchev–Trinajstić information content (AvgIpc) is 3.05. The van der Waals surface area contributed by atoms with Crippen LogP contribution in [0.15, 0.2) is 60.9 Å². The van der Waals surface area contributed by atoms with Gasteiger partial charge in [-0.3, -0.25) is 0 Å². The molecule has 0 saturated carbocycles. The molecule has 1 aromatic heterocycles. The van der Waals surface area contributed by atoms with Gasteiger partial charge in [-0.05, 0) is 0 Å². The van der Waals surface area contributed by atoms with Crippen molar-refractivity contribution in [2.75, 3.05) is 0 Å². The van der Waals surface area contributed by atoms with Crippen molar-refractivity contribution in [3.63, 3.8) is 0 Å². The number of terminal acetylenes is 1. The molecule has 0 atom stereocenters. The van der Waals surface area contributed by atoms with Crippen molar-refractivity contribution in [2.45, 2.75) is 19.3 Å². The minimum atomic E-state index is -4.29. The van der Waals surface area contributed by atoms with Crippen molar-refractivity contribution in [1.82, 2.24) is 9.78 Å². The van der Waals surface area contributed by atoms with Gasteiger partial charge >= 0.3 is 166 Å². The normalized spacial score (nSPS) is 11.3. The number of rotatable bonds is 6. The van der Waals surface area contributed by atoms with Gasteiger partial charge in [-0.1, -0.05) is 0 Å². The minimum absolute atomic E-state index is 0.413. The van der Waals surface area contributed by atoms with Crippen LogP contribution < -0.4 is 25.9 Å². The van der Waals surface area contributed by atoms with Crippen LogP contribution >= 0.6 is 0 Å². The van der Waals surface area contributed by atoms with Crippen molar-refractivity contribution < 1.29 is 39.1 Å². The molecule has 2 aromatic carbocycles. The molecule has 1 heterocycles. The van der Waals surface area contributed by atoms with Crippen LogP contribution in [0, 0.1) is 19.5 Å². The van der Waals surface area contributed by atoms with Crippen LogP contribution in [0.1, 0.15) is 11.1 Å². The summed E-state index contributed by atoms with van der Waals surface area (Å²) in [6.07, 6.45) is 4.16. The Kier molecular flexibility index (Phi) is 6.06. The standard InChI is InChI=1S/C20H15F3IN2O/c1-2-15-8-17(24-18-11-25-26(12-18)14-20(21,22)23)10-19(9-15)27-13-16-6-4-3-5-7-16/h1,3-12H,13-14H2/q-1. The number of ether oxygens (including phenoxy) is 1. The predicted octanol–water partition coefficient (Wildman–Crippen LogP) is 1.13. The van der Waals surface area contributed by atoms with Crippen LogP contribution in [-0.4, -0.2) is 16.0 Å². The molecule has 27 heavy (non-hydrogen) atoms. The summed E-state index contributed by atoms with van der Waals surface area (Å²) in [7, 11) is 0. The first-order chi connectivity index (χ1) is 12.9. The molecule has 0 saturated heterocycles. The van der Waals surface area contributed by atoms with E-state index in [-0.39, 0.29) is 0 Å². The Morgan fingerprint density at radius 2 is 1.89 bits per heavy atom. The molecule has 0 amide bonds. The van der Waals surface area contributed by atoms with E-state index in [1.54, 1.807) is 6.07 Å². The summed E-state index contributed by atoms with van der Waals surface area (Å²) in [6.45, 7) is -0.678. The third-order valence-electron chi connectivity index (χ3n) is 3.45. The summed E-state index contributed by atoms with van der Waals surface area (Å²) in [6, 6.07) is 15.3. The SMILES string of the molecule is C#Cc1cc(OCc2ccccc2)cc([I-]c2cnn(CC(F)(F)F)c2)c1. The zero-order valence-corrected chi connectivity index (χ0v) is 16.2. The van der Waals surface area contributed by atoms with Crippen molar-refractivity contribution >= 4 is 0 Å². The Balaban J connectivity index is 1.72. The Morgan fingerprint density at radius 1 is 1.11 bits per heavy atom. The van der Waals surface area contributed by atoms with Gasteiger partial charge in [0, 0.05) is 0 Å². The number of halogens is 4. The molecule has 3 aromatic rings. The van der Waals surface area contributed by atoms with E-state index in [0.717, 1.165) is 17.4 Å². The summed E-state index contributed by atoms with van der Waals surface area (Å²) < 4.78 is 45.9. The number of benzene rings is 2. The van der Waals surface area contributed by atoms with Crippen molar-refractivity contribution in [2.24, 2.45) is 0 Å². The van der Waals surface area contributed by atoms with Gasteiger partial charge in [-0.25, -0.2) is 0 Å². The molecule has 0 fully saturated rings. The monoisotopic (exact) mass is 483 g/mol. The molecule has 0 aliphatic carbocycles. The van der Waals surface area contributed by atoms with Crippen molar-refractivity contribution in [3.05, 3.63) is 79.2 Å². The van der Waals surface area contributed by atoms with E-state index in [0.29, 0.717) is 17.9 Å². The fourth-order valence-electron chi connectivity index (χ4n) is 2.31. The van der Waals surface area contributed by atoms with E-state index in [9.17, 15) is 13.2 Å². The molecule has 0 aliphatic rings. The first kappa shape index (κ1) is 19.3. The summed E-state index contributed by atoms with van der Waals surface area (Å²) >= 11 is -0.726. The summed E-state index contributed by atoms with van der Waals surface area (Å²) in [4.78, 5) is 0. The van der Waals surface area contributed by atoms with E-state index < -0.39 is 33.9 Å². The molecule has 140 valence electrons. The topological polar surface area (TPSA) is 27.1 Å². The number of hydrogen-bond acceptors (Lipinski definition) is 2. The van der Waals surface area contributed by atoms with Gasteiger partial charge < -0.3 is 0 Å². The zero-order valence-electron chi connectivity index (χ0n) is 14.1. The molecular weight excluding hydrogens is 468 g/mol. The number of aromatic nitrogens is 2. The molecule has 0 radical (unpaired) electrons. The average molecular weight is 483 g/mol. The van der Waals surface area contributed by atoms with Gasteiger partial charge in [-0.2, -0.15) is 0 Å². The second-order valence-electron chi connectivity index (χ2n) is 5.66. The van der Waals surface area contributed by atoms with Gasteiger partial charge in [0.2, 0.25) is 0 Å². The van der Waals surface area contributed by atoms with E-state index in [1.807, 2.05) is 42.5 Å². The molecule has 7 heteroatoms. The van der Waals surface area contributed by atoms with Crippen LogP contribution in [0.25, 0.3) is 0 Å². The second-order valence-corrected chi connectivity index (χ2v) is 8.69. The molecule has 0 bridgehead atoms. The van der Waals surface area contributed by atoms with Crippen LogP contribution in [0.2, 0.25) is 0 Å². The fourth-order valence-corrected chi connectivity index (χ4v) is 4.71. The first-order valence-electron chi connectivity index (χ1n) is 7.94. The Labute approximate surface area is 165 Å². The predicted molar refractivity (Wildman–Crippen MR) is 90.8 cm³/mol. The second kappa shape index (κ2) is 8.48. The third-order valence-corrected chi connectivity index (χ3v) is 5.87. The molecule has 3 nitrogen and oxygen atoms in total. The maximum absolute atomic E-state index is 12.5. The number of alkyl halides is 3. The van der Waals surface area contributed by atoms with Crippen molar-refractivity contribution in [3.8, 4) is 18.1 Å². The third kappa shape index (κ3) is 6.03. The molecule has 0 spiro atoms. The zero-order chi connectivity index (χ0) is 19.3. The Morgan fingerprint density at radius 3 is 2.59 bits per heavy atom. The molecule has 0 aliphatic heterocycles. The van der Waals surface area contributed by atoms with E-state index in [4.69, 9.17) is 11.2 Å². The van der Waals surface area contributed by atoms with Gasteiger partial charge in [0.05, 0.1) is 0 Å². The quantitative estimate of drug-likeness (QED) is 0.389. The van der Waals surface area contributed by atoms with Crippen LogP contribution in [0.4, 0.5) is 13.2 Å². The summed E-state index contributed by atoms with van der Waals surface area (Å²) in [5.41, 5.74) is 1.71. The van der Waals surface area contributed by atoms with Crippen LogP contribution in [0.5, 0.6) is 5.75 Å². The molecular formula is C20H15F3IN2O-. The molecule has 3 rings (SSSR count). The van der Waals surface area contributed by atoms with Crippen LogP contribution in [0.3, 0.4) is 0 Å². The van der Waals surface area contributed by atoms with E-state index >= 15 is 0 Å². The van der Waals surface area contributed by atoms with Crippen molar-refractivity contribution in [1.29, 1.82) is 0 Å². The van der Waals surface area contributed by atoms with Gasteiger partial charge in [0.1, 0.15) is 0 Å².